The van der Waals surface area contributed by atoms with E-state index in [1.165, 1.54) is 0 Å². The number of carbonyl (C=O) groups excluding carboxylic acids is 1. The van der Waals surface area contributed by atoms with Crippen LogP contribution in [0.15, 0.2) is 0 Å². The van der Waals surface area contributed by atoms with Crippen LogP contribution >= 0.6 is 0 Å². The molecule has 0 saturated heterocycles. The fraction of sp³-hybridized carbons (Fsp3) is 0.833. The summed E-state index contributed by atoms with van der Waals surface area (Å²) in [7, 11) is -3.17. The molecule has 0 heterocycles. The molecule has 0 saturated carbocycles. The SMILES string of the molecule is CC(N)C(=O)NCCNS(C)(=O)=O. The Bertz CT molecular complexity index is 260. The number of rotatable bonds is 5. The molecule has 1 atom stereocenters. The molecule has 0 fully saturated rings. The van der Waals surface area contributed by atoms with Gasteiger partial charge >= 0.3 is 0 Å². The summed E-state index contributed by atoms with van der Waals surface area (Å²) in [6.07, 6.45) is 1.06. The number of nitrogens with one attached hydrogen (secondary N) is 2. The lowest BCUT2D eigenvalue weighted by molar-refractivity contribution is -0.121. The summed E-state index contributed by atoms with van der Waals surface area (Å²) < 4.78 is 23.4. The average molecular weight is 209 g/mol. The second kappa shape index (κ2) is 5.15. The van der Waals surface area contributed by atoms with Gasteiger partial charge in [0.15, 0.2) is 0 Å². The number of hydrogen-bond donors (Lipinski definition) is 3. The van der Waals surface area contributed by atoms with E-state index in [4.69, 9.17) is 5.73 Å². The van der Waals surface area contributed by atoms with Crippen molar-refractivity contribution in [1.82, 2.24) is 10.0 Å². The molecule has 78 valence electrons. The molecule has 0 aromatic carbocycles. The van der Waals surface area contributed by atoms with E-state index in [9.17, 15) is 13.2 Å². The second-order valence-corrected chi connectivity index (χ2v) is 4.58. The molecule has 13 heavy (non-hydrogen) atoms. The summed E-state index contributed by atoms with van der Waals surface area (Å²) in [6, 6.07) is -0.571. The molecule has 6 nitrogen and oxygen atoms in total. The molecule has 0 aliphatic carbocycles. The van der Waals surface area contributed by atoms with E-state index in [2.05, 4.69) is 10.0 Å². The Hall–Kier alpha value is -0.660. The van der Waals surface area contributed by atoms with Gasteiger partial charge in [0, 0.05) is 13.1 Å². The minimum atomic E-state index is -3.17. The highest BCUT2D eigenvalue weighted by Crippen LogP contribution is 1.75. The zero-order chi connectivity index (χ0) is 10.5. The molecular weight excluding hydrogens is 194 g/mol. The van der Waals surface area contributed by atoms with Crippen molar-refractivity contribution in [1.29, 1.82) is 0 Å². The van der Waals surface area contributed by atoms with Gasteiger partial charge in [-0.15, -0.1) is 0 Å². The van der Waals surface area contributed by atoms with Crippen molar-refractivity contribution in [3.05, 3.63) is 0 Å². The Labute approximate surface area is 77.9 Å². The molecular formula is C6H15N3O3S. The van der Waals surface area contributed by atoms with Crippen LogP contribution in [-0.4, -0.2) is 39.7 Å². The Morgan fingerprint density at radius 2 is 2.00 bits per heavy atom. The Balaban J connectivity index is 3.53. The summed E-state index contributed by atoms with van der Waals surface area (Å²) in [5.74, 6) is -0.296. The number of amides is 1. The van der Waals surface area contributed by atoms with Gasteiger partial charge in [0.05, 0.1) is 12.3 Å². The van der Waals surface area contributed by atoms with Gasteiger partial charge in [0.2, 0.25) is 15.9 Å². The van der Waals surface area contributed by atoms with Gasteiger partial charge in [-0.05, 0) is 6.92 Å². The van der Waals surface area contributed by atoms with Crippen molar-refractivity contribution in [2.75, 3.05) is 19.3 Å². The highest BCUT2D eigenvalue weighted by Gasteiger charge is 2.05. The van der Waals surface area contributed by atoms with Gasteiger partial charge in [0.1, 0.15) is 0 Å². The summed E-state index contributed by atoms with van der Waals surface area (Å²) >= 11 is 0. The maximum absolute atomic E-state index is 10.9. The summed E-state index contributed by atoms with van der Waals surface area (Å²) in [5.41, 5.74) is 5.25. The molecule has 0 aliphatic heterocycles. The average Bonchev–Trinajstić information content (AvgIpc) is 1.95. The van der Waals surface area contributed by atoms with E-state index in [0.717, 1.165) is 6.26 Å². The number of nitrogens with two attached hydrogens (primary N) is 1. The van der Waals surface area contributed by atoms with Crippen molar-refractivity contribution < 1.29 is 13.2 Å². The fourth-order valence-corrected chi connectivity index (χ4v) is 1.06. The van der Waals surface area contributed by atoms with Crippen LogP contribution in [0.4, 0.5) is 0 Å². The highest BCUT2D eigenvalue weighted by molar-refractivity contribution is 7.88. The Morgan fingerprint density at radius 1 is 1.46 bits per heavy atom. The molecule has 0 radical (unpaired) electrons. The first-order chi connectivity index (χ1) is 5.83. The molecule has 4 N–H and O–H groups in total. The zero-order valence-corrected chi connectivity index (χ0v) is 8.52. The summed E-state index contributed by atoms with van der Waals surface area (Å²) in [6.45, 7) is 1.98. The van der Waals surface area contributed by atoms with Gasteiger partial charge in [-0.2, -0.15) is 0 Å². The lowest BCUT2D eigenvalue weighted by Crippen LogP contribution is -2.41. The van der Waals surface area contributed by atoms with E-state index in [-0.39, 0.29) is 19.0 Å². The van der Waals surface area contributed by atoms with E-state index in [0.29, 0.717) is 0 Å². The largest absolute Gasteiger partial charge is 0.353 e. The zero-order valence-electron chi connectivity index (χ0n) is 7.70. The number of hydrogen-bond acceptors (Lipinski definition) is 4. The maximum Gasteiger partial charge on any atom is 0.236 e. The predicted molar refractivity (Wildman–Crippen MR) is 49.5 cm³/mol. The maximum atomic E-state index is 10.9. The minimum Gasteiger partial charge on any atom is -0.353 e. The van der Waals surface area contributed by atoms with Gasteiger partial charge in [-0.25, -0.2) is 13.1 Å². The first-order valence-electron chi connectivity index (χ1n) is 3.81. The van der Waals surface area contributed by atoms with Crippen LogP contribution in [0.2, 0.25) is 0 Å². The van der Waals surface area contributed by atoms with Crippen molar-refractivity contribution in [2.45, 2.75) is 13.0 Å². The molecule has 0 aliphatic rings. The number of carbonyl (C=O) groups is 1. The lowest BCUT2D eigenvalue weighted by Gasteiger charge is -2.07. The highest BCUT2D eigenvalue weighted by atomic mass is 32.2. The molecule has 1 unspecified atom stereocenters. The molecule has 0 bridgehead atoms. The molecule has 0 rings (SSSR count). The molecule has 0 spiro atoms. The molecule has 0 aromatic heterocycles. The topological polar surface area (TPSA) is 101 Å². The summed E-state index contributed by atoms with van der Waals surface area (Å²) in [4.78, 5) is 10.9. The predicted octanol–water partition coefficient (Wildman–Crippen LogP) is -2.00. The normalized spacial score (nSPS) is 13.8. The summed E-state index contributed by atoms with van der Waals surface area (Å²) in [5, 5.41) is 2.46. The van der Waals surface area contributed by atoms with Crippen LogP contribution in [0.3, 0.4) is 0 Å². The number of sulfonamides is 1. The Kier molecular flexibility index (Phi) is 4.89. The van der Waals surface area contributed by atoms with Crippen LogP contribution < -0.4 is 15.8 Å². The first kappa shape index (κ1) is 12.3. The quantitative estimate of drug-likeness (QED) is 0.456. The molecule has 1 amide bonds. The Morgan fingerprint density at radius 3 is 2.38 bits per heavy atom. The van der Waals surface area contributed by atoms with Crippen LogP contribution in [-0.2, 0) is 14.8 Å². The van der Waals surface area contributed by atoms with Crippen molar-refractivity contribution in [3.8, 4) is 0 Å². The van der Waals surface area contributed by atoms with Gasteiger partial charge in [-0.3, -0.25) is 4.79 Å². The standard InChI is InChI=1S/C6H15N3O3S/c1-5(7)6(10)8-3-4-9-13(2,11)12/h5,9H,3-4,7H2,1-2H3,(H,8,10). The van der Waals surface area contributed by atoms with E-state index in [1.54, 1.807) is 6.92 Å². The monoisotopic (exact) mass is 209 g/mol. The van der Waals surface area contributed by atoms with Crippen LogP contribution in [0.25, 0.3) is 0 Å². The van der Waals surface area contributed by atoms with Gasteiger partial charge in [-0.1, -0.05) is 0 Å². The first-order valence-corrected chi connectivity index (χ1v) is 5.70. The van der Waals surface area contributed by atoms with E-state index in [1.807, 2.05) is 0 Å². The third-order valence-corrected chi connectivity index (χ3v) is 1.93. The van der Waals surface area contributed by atoms with Gasteiger partial charge in [0.25, 0.3) is 0 Å². The smallest absolute Gasteiger partial charge is 0.236 e. The van der Waals surface area contributed by atoms with Gasteiger partial charge < -0.3 is 11.1 Å². The van der Waals surface area contributed by atoms with Crippen molar-refractivity contribution in [2.24, 2.45) is 5.73 Å². The van der Waals surface area contributed by atoms with Crippen molar-refractivity contribution in [3.63, 3.8) is 0 Å². The van der Waals surface area contributed by atoms with E-state index < -0.39 is 16.1 Å². The fourth-order valence-electron chi connectivity index (χ4n) is 0.583. The molecule has 0 aromatic rings. The van der Waals surface area contributed by atoms with Crippen LogP contribution in [0.1, 0.15) is 6.92 Å². The lowest BCUT2D eigenvalue weighted by atomic mass is 10.3. The second-order valence-electron chi connectivity index (χ2n) is 2.75. The van der Waals surface area contributed by atoms with E-state index >= 15 is 0 Å². The third-order valence-electron chi connectivity index (χ3n) is 1.20. The molecule has 7 heteroatoms. The van der Waals surface area contributed by atoms with Crippen LogP contribution in [0, 0.1) is 0 Å². The minimum absolute atomic E-state index is 0.178. The van der Waals surface area contributed by atoms with Crippen molar-refractivity contribution >= 4 is 15.9 Å². The third kappa shape index (κ3) is 7.69. The van der Waals surface area contributed by atoms with Crippen LogP contribution in [0.5, 0.6) is 0 Å².